The number of nitrogens with two attached hydrogens (primary N) is 1. The summed E-state index contributed by atoms with van der Waals surface area (Å²) in [5.41, 5.74) is 9.88. The summed E-state index contributed by atoms with van der Waals surface area (Å²) in [6, 6.07) is 14.2. The van der Waals surface area contributed by atoms with Crippen LogP contribution in [0.25, 0.3) is 0 Å². The van der Waals surface area contributed by atoms with Gasteiger partial charge in [-0.05, 0) is 61.3 Å². The van der Waals surface area contributed by atoms with Crippen molar-refractivity contribution in [1.29, 1.82) is 5.26 Å². The molecule has 1 spiro atoms. The Morgan fingerprint density at radius 2 is 1.91 bits per heavy atom. The zero-order valence-electron chi connectivity index (χ0n) is 19.7. The smallest absolute Gasteiger partial charge is 0.147 e. The summed E-state index contributed by atoms with van der Waals surface area (Å²) in [7, 11) is -2.72. The van der Waals surface area contributed by atoms with Gasteiger partial charge in [0.15, 0.2) is 0 Å². The molecule has 2 aliphatic rings. The van der Waals surface area contributed by atoms with Gasteiger partial charge in [-0.1, -0.05) is 47.6 Å². The van der Waals surface area contributed by atoms with Crippen molar-refractivity contribution in [3.63, 3.8) is 0 Å². The number of rotatable bonds is 4. The molecule has 1 saturated heterocycles. The molecule has 9 heteroatoms. The average molecular weight is 524 g/mol. The summed E-state index contributed by atoms with van der Waals surface area (Å²) in [5.74, 6) is 0.853. The van der Waals surface area contributed by atoms with Crippen LogP contribution in [-0.4, -0.2) is 36.4 Å². The Hall–Kier alpha value is -2.36. The standard InChI is InChI=1S/C26H27ClN5OPS/c1-34(2,33)24-18(14-28)7-8-20(23(24)27)35-22-16-30-21(15-31-22)32-11-9-26(10-12-32)13-17-5-3-4-6-19(17)25(26)29/h3-8,15-16,25H,9-13,29H2,1-2H3/t25-/m1/s1. The van der Waals surface area contributed by atoms with Crippen LogP contribution in [0, 0.1) is 16.7 Å². The molecule has 3 aromatic rings. The van der Waals surface area contributed by atoms with Crippen molar-refractivity contribution in [3.05, 3.63) is 70.5 Å². The SMILES string of the molecule is CP(C)(=O)c1c(C#N)ccc(Sc2cnc(N3CCC4(CC3)Cc3ccccc3[C@H]4N)cn2)c1Cl. The van der Waals surface area contributed by atoms with Gasteiger partial charge in [-0.3, -0.25) is 0 Å². The van der Waals surface area contributed by atoms with Gasteiger partial charge in [0, 0.05) is 29.3 Å². The van der Waals surface area contributed by atoms with Crippen LogP contribution >= 0.6 is 30.5 Å². The number of hydrogen-bond donors (Lipinski definition) is 1. The molecule has 2 N–H and O–H groups in total. The summed E-state index contributed by atoms with van der Waals surface area (Å²) in [4.78, 5) is 12.3. The van der Waals surface area contributed by atoms with E-state index in [0.717, 1.165) is 38.2 Å². The number of piperidine rings is 1. The summed E-state index contributed by atoms with van der Waals surface area (Å²) >= 11 is 7.93. The first kappa shape index (κ1) is 24.3. The van der Waals surface area contributed by atoms with Gasteiger partial charge >= 0.3 is 0 Å². The molecule has 180 valence electrons. The Morgan fingerprint density at radius 3 is 2.54 bits per heavy atom. The van der Waals surface area contributed by atoms with Crippen LogP contribution in [0.1, 0.15) is 35.6 Å². The van der Waals surface area contributed by atoms with E-state index in [1.165, 1.54) is 22.9 Å². The Bertz CT molecular complexity index is 1360. The van der Waals surface area contributed by atoms with Crippen molar-refractivity contribution in [2.45, 2.75) is 35.2 Å². The highest BCUT2D eigenvalue weighted by atomic mass is 35.5. The van der Waals surface area contributed by atoms with Crippen LogP contribution in [0.15, 0.2) is 58.7 Å². The van der Waals surface area contributed by atoms with Crippen LogP contribution in [-0.2, 0) is 11.0 Å². The molecule has 2 heterocycles. The lowest BCUT2D eigenvalue weighted by Crippen LogP contribution is -2.44. The Kier molecular flexibility index (Phi) is 6.44. The van der Waals surface area contributed by atoms with Gasteiger partial charge in [0.25, 0.3) is 0 Å². The molecule has 1 aliphatic carbocycles. The van der Waals surface area contributed by atoms with Crippen molar-refractivity contribution < 1.29 is 4.57 Å². The molecule has 2 aromatic carbocycles. The van der Waals surface area contributed by atoms with Gasteiger partial charge in [0.05, 0.1) is 29.0 Å². The number of benzene rings is 2. The molecule has 0 unspecified atom stereocenters. The normalized spacial score (nSPS) is 18.9. The maximum absolute atomic E-state index is 12.7. The molecular weight excluding hydrogens is 497 g/mol. The molecule has 35 heavy (non-hydrogen) atoms. The van der Waals surface area contributed by atoms with Crippen molar-refractivity contribution in [2.24, 2.45) is 11.1 Å². The van der Waals surface area contributed by atoms with Crippen LogP contribution in [0.3, 0.4) is 0 Å². The summed E-state index contributed by atoms with van der Waals surface area (Å²) in [6.45, 7) is 5.04. The highest BCUT2D eigenvalue weighted by molar-refractivity contribution is 7.99. The van der Waals surface area contributed by atoms with E-state index in [-0.39, 0.29) is 11.5 Å². The van der Waals surface area contributed by atoms with E-state index in [4.69, 9.17) is 17.3 Å². The number of nitrogens with zero attached hydrogens (tertiary/aromatic N) is 4. The van der Waals surface area contributed by atoms with Crippen LogP contribution in [0.2, 0.25) is 5.02 Å². The fourth-order valence-corrected chi connectivity index (χ4v) is 8.39. The molecule has 6 nitrogen and oxygen atoms in total. The van der Waals surface area contributed by atoms with Gasteiger partial charge in [0.2, 0.25) is 0 Å². The molecule has 1 aliphatic heterocycles. The number of halogens is 1. The van der Waals surface area contributed by atoms with E-state index >= 15 is 0 Å². The van der Waals surface area contributed by atoms with E-state index in [0.29, 0.717) is 25.8 Å². The van der Waals surface area contributed by atoms with Gasteiger partial charge in [-0.25, -0.2) is 9.97 Å². The number of hydrogen-bond acceptors (Lipinski definition) is 7. The van der Waals surface area contributed by atoms with Crippen molar-refractivity contribution in [3.8, 4) is 6.07 Å². The average Bonchev–Trinajstić information content (AvgIpc) is 3.11. The Morgan fingerprint density at radius 1 is 1.17 bits per heavy atom. The van der Waals surface area contributed by atoms with Crippen LogP contribution in [0.4, 0.5) is 5.82 Å². The maximum Gasteiger partial charge on any atom is 0.147 e. The molecule has 5 rings (SSSR count). The molecule has 1 atom stereocenters. The molecule has 0 bridgehead atoms. The summed E-state index contributed by atoms with van der Waals surface area (Å²) in [6.07, 6.45) is 6.65. The second-order valence-electron chi connectivity index (χ2n) is 9.75. The fraction of sp³-hybridized carbons (Fsp3) is 0.346. The van der Waals surface area contributed by atoms with Crippen molar-refractivity contribution in [2.75, 3.05) is 31.3 Å². The third-order valence-electron chi connectivity index (χ3n) is 7.24. The number of anilines is 1. The second-order valence-corrected chi connectivity index (χ2v) is 14.3. The first-order valence-corrected chi connectivity index (χ1v) is 15.4. The lowest BCUT2D eigenvalue weighted by molar-refractivity contribution is 0.187. The monoisotopic (exact) mass is 523 g/mol. The van der Waals surface area contributed by atoms with Crippen molar-refractivity contribution in [1.82, 2.24) is 9.97 Å². The van der Waals surface area contributed by atoms with E-state index in [2.05, 4.69) is 45.2 Å². The molecular formula is C26H27ClN5OPS. The quantitative estimate of drug-likeness (QED) is 0.467. The minimum atomic E-state index is -2.72. The predicted octanol–water partition coefficient (Wildman–Crippen LogP) is 5.24. The molecule has 1 aromatic heterocycles. The fourth-order valence-electron chi connectivity index (χ4n) is 5.37. The number of fused-ring (bicyclic) bond motifs is 1. The zero-order chi connectivity index (χ0) is 24.8. The third kappa shape index (κ3) is 4.49. The zero-order valence-corrected chi connectivity index (χ0v) is 22.2. The largest absolute Gasteiger partial charge is 0.355 e. The van der Waals surface area contributed by atoms with Gasteiger partial charge in [-0.2, -0.15) is 5.26 Å². The Balaban J connectivity index is 1.28. The highest BCUT2D eigenvalue weighted by Gasteiger charge is 2.45. The summed E-state index contributed by atoms with van der Waals surface area (Å²) in [5, 5.41) is 10.9. The lowest BCUT2D eigenvalue weighted by atomic mass is 9.73. The topological polar surface area (TPSA) is 95.9 Å². The van der Waals surface area contributed by atoms with Gasteiger partial charge in [0.1, 0.15) is 18.0 Å². The van der Waals surface area contributed by atoms with E-state index < -0.39 is 7.14 Å². The van der Waals surface area contributed by atoms with Gasteiger partial charge in [-0.15, -0.1) is 0 Å². The van der Waals surface area contributed by atoms with Gasteiger partial charge < -0.3 is 15.2 Å². The Labute approximate surface area is 215 Å². The minimum absolute atomic E-state index is 0.0920. The lowest BCUT2D eigenvalue weighted by Gasteiger charge is -2.42. The second kappa shape index (κ2) is 9.26. The molecule has 0 radical (unpaired) electrons. The highest BCUT2D eigenvalue weighted by Crippen LogP contribution is 2.51. The molecule has 0 saturated carbocycles. The van der Waals surface area contributed by atoms with Crippen molar-refractivity contribution >= 4 is 41.6 Å². The van der Waals surface area contributed by atoms with Crippen LogP contribution in [0.5, 0.6) is 0 Å². The summed E-state index contributed by atoms with van der Waals surface area (Å²) < 4.78 is 12.7. The van der Waals surface area contributed by atoms with E-state index in [1.54, 1.807) is 37.9 Å². The maximum atomic E-state index is 12.7. The third-order valence-corrected chi connectivity index (χ3v) is 10.4. The minimum Gasteiger partial charge on any atom is -0.355 e. The first-order valence-electron chi connectivity index (χ1n) is 11.6. The molecule has 0 amide bonds. The molecule has 1 fully saturated rings. The van der Waals surface area contributed by atoms with E-state index in [9.17, 15) is 9.83 Å². The van der Waals surface area contributed by atoms with Crippen LogP contribution < -0.4 is 15.9 Å². The number of aromatic nitrogens is 2. The predicted molar refractivity (Wildman–Crippen MR) is 142 cm³/mol. The van der Waals surface area contributed by atoms with E-state index in [1.807, 2.05) is 0 Å². The number of nitriles is 1. The first-order chi connectivity index (χ1) is 16.7.